The minimum atomic E-state index is -0.211. The highest BCUT2D eigenvalue weighted by molar-refractivity contribution is 7.13. The first kappa shape index (κ1) is 18.8. The number of hydrogen-bond donors (Lipinski definition) is 1. The SMILES string of the molecule is O=C(Nc1csc(-c2ccccn2)n1)N1CCC[C@H](C(=O)N2CCOCC2)C1. The molecule has 2 aliphatic rings. The van der Waals surface area contributed by atoms with E-state index in [1.165, 1.54) is 11.3 Å². The third-order valence-electron chi connectivity index (χ3n) is 5.00. The summed E-state index contributed by atoms with van der Waals surface area (Å²) in [6, 6.07) is 5.43. The van der Waals surface area contributed by atoms with Gasteiger partial charge in [0.15, 0.2) is 0 Å². The fourth-order valence-electron chi connectivity index (χ4n) is 3.53. The molecule has 0 unspecified atom stereocenters. The predicted molar refractivity (Wildman–Crippen MR) is 106 cm³/mol. The molecule has 2 aliphatic heterocycles. The summed E-state index contributed by atoms with van der Waals surface area (Å²) in [5.41, 5.74) is 0.780. The summed E-state index contributed by atoms with van der Waals surface area (Å²) < 4.78 is 5.32. The molecular formula is C19H23N5O3S. The molecule has 4 heterocycles. The van der Waals surface area contributed by atoms with Crippen molar-refractivity contribution >= 4 is 29.1 Å². The van der Waals surface area contributed by atoms with Crippen molar-refractivity contribution in [1.82, 2.24) is 19.8 Å². The molecule has 0 radical (unpaired) electrons. The highest BCUT2D eigenvalue weighted by Crippen LogP contribution is 2.25. The molecule has 2 saturated heterocycles. The van der Waals surface area contributed by atoms with Gasteiger partial charge in [0.1, 0.15) is 10.8 Å². The van der Waals surface area contributed by atoms with Crippen molar-refractivity contribution in [1.29, 1.82) is 0 Å². The van der Waals surface area contributed by atoms with Gasteiger partial charge in [-0.15, -0.1) is 11.3 Å². The number of pyridine rings is 1. The molecule has 0 saturated carbocycles. The summed E-state index contributed by atoms with van der Waals surface area (Å²) in [7, 11) is 0. The zero-order valence-corrected chi connectivity index (χ0v) is 16.4. The number of likely N-dealkylation sites (tertiary alicyclic amines) is 1. The molecule has 1 N–H and O–H groups in total. The molecule has 8 nitrogen and oxygen atoms in total. The number of urea groups is 1. The summed E-state index contributed by atoms with van der Waals surface area (Å²) in [6.07, 6.45) is 3.36. The number of nitrogens with zero attached hydrogens (tertiary/aromatic N) is 4. The molecule has 4 rings (SSSR count). The fourth-order valence-corrected chi connectivity index (χ4v) is 4.26. The zero-order valence-electron chi connectivity index (χ0n) is 15.5. The van der Waals surface area contributed by atoms with Crippen LogP contribution in [0.5, 0.6) is 0 Å². The quantitative estimate of drug-likeness (QED) is 0.853. The van der Waals surface area contributed by atoms with Crippen LogP contribution in [0.3, 0.4) is 0 Å². The number of thiazole rings is 1. The average molecular weight is 401 g/mol. The number of aromatic nitrogens is 2. The van der Waals surface area contributed by atoms with E-state index in [9.17, 15) is 9.59 Å². The van der Waals surface area contributed by atoms with Crippen molar-refractivity contribution in [3.8, 4) is 10.7 Å². The number of carbonyl (C=O) groups excluding carboxylic acids is 2. The van der Waals surface area contributed by atoms with Gasteiger partial charge in [-0.3, -0.25) is 15.1 Å². The molecule has 0 aliphatic carbocycles. The van der Waals surface area contributed by atoms with Crippen LogP contribution < -0.4 is 5.32 Å². The molecule has 148 valence electrons. The van der Waals surface area contributed by atoms with Crippen molar-refractivity contribution in [2.24, 2.45) is 5.92 Å². The molecule has 2 aromatic rings. The number of ether oxygens (including phenoxy) is 1. The van der Waals surface area contributed by atoms with Crippen molar-refractivity contribution in [3.63, 3.8) is 0 Å². The van der Waals surface area contributed by atoms with Gasteiger partial charge in [0, 0.05) is 37.8 Å². The maximum atomic E-state index is 12.7. The molecule has 0 spiro atoms. The fraction of sp³-hybridized carbons (Fsp3) is 0.474. The van der Waals surface area contributed by atoms with Crippen LogP contribution in [0.4, 0.5) is 10.6 Å². The summed E-state index contributed by atoms with van der Waals surface area (Å²) >= 11 is 1.44. The van der Waals surface area contributed by atoms with Crippen LogP contribution >= 0.6 is 11.3 Å². The topological polar surface area (TPSA) is 87.7 Å². The number of rotatable bonds is 3. The van der Waals surface area contributed by atoms with E-state index < -0.39 is 0 Å². The standard InChI is InChI=1S/C19H23N5O3S/c25-18(23-8-10-27-11-9-23)14-4-3-7-24(12-14)19(26)22-16-13-28-17(21-16)15-5-1-2-6-20-15/h1-2,5-6,13-14H,3-4,7-12H2,(H,22,26)/t14-/m0/s1. The van der Waals surface area contributed by atoms with E-state index in [2.05, 4.69) is 15.3 Å². The Hall–Kier alpha value is -2.52. The number of amides is 3. The van der Waals surface area contributed by atoms with Crippen molar-refractivity contribution in [2.75, 3.05) is 44.7 Å². The second-order valence-corrected chi connectivity index (χ2v) is 7.76. The summed E-state index contributed by atoms with van der Waals surface area (Å²) in [6.45, 7) is 3.54. The minimum Gasteiger partial charge on any atom is -0.378 e. The highest BCUT2D eigenvalue weighted by Gasteiger charge is 2.32. The molecule has 2 fully saturated rings. The van der Waals surface area contributed by atoms with Gasteiger partial charge in [0.25, 0.3) is 0 Å². The number of carbonyl (C=O) groups is 2. The predicted octanol–water partition coefficient (Wildman–Crippen LogP) is 2.31. The van der Waals surface area contributed by atoms with Gasteiger partial charge in [0.05, 0.1) is 24.8 Å². The van der Waals surface area contributed by atoms with E-state index in [0.29, 0.717) is 45.2 Å². The Morgan fingerprint density at radius 3 is 2.82 bits per heavy atom. The second-order valence-electron chi connectivity index (χ2n) is 6.91. The van der Waals surface area contributed by atoms with Gasteiger partial charge in [-0.2, -0.15) is 0 Å². The van der Waals surface area contributed by atoms with Crippen molar-refractivity contribution < 1.29 is 14.3 Å². The normalized spacial score (nSPS) is 20.1. The Bertz CT molecular complexity index is 822. The highest BCUT2D eigenvalue weighted by atomic mass is 32.1. The van der Waals surface area contributed by atoms with Crippen LogP contribution in [0, 0.1) is 5.92 Å². The van der Waals surface area contributed by atoms with Crippen LogP contribution in [0.15, 0.2) is 29.8 Å². The first-order chi connectivity index (χ1) is 13.7. The lowest BCUT2D eigenvalue weighted by atomic mass is 9.96. The van der Waals surface area contributed by atoms with E-state index in [1.54, 1.807) is 11.1 Å². The number of hydrogen-bond acceptors (Lipinski definition) is 6. The number of anilines is 1. The zero-order chi connectivity index (χ0) is 19.3. The van der Waals surface area contributed by atoms with E-state index in [-0.39, 0.29) is 17.9 Å². The monoisotopic (exact) mass is 401 g/mol. The minimum absolute atomic E-state index is 0.131. The van der Waals surface area contributed by atoms with Crippen molar-refractivity contribution in [3.05, 3.63) is 29.8 Å². The van der Waals surface area contributed by atoms with Gasteiger partial charge in [-0.05, 0) is 25.0 Å². The van der Waals surface area contributed by atoms with E-state index in [1.807, 2.05) is 28.5 Å². The maximum Gasteiger partial charge on any atom is 0.323 e. The molecule has 3 amide bonds. The Labute approximate surface area is 167 Å². The van der Waals surface area contributed by atoms with Crippen molar-refractivity contribution in [2.45, 2.75) is 12.8 Å². The number of nitrogens with one attached hydrogen (secondary N) is 1. The molecule has 0 bridgehead atoms. The van der Waals surface area contributed by atoms with Gasteiger partial charge in [-0.25, -0.2) is 9.78 Å². The Kier molecular flexibility index (Phi) is 5.82. The lowest BCUT2D eigenvalue weighted by Crippen LogP contribution is -2.50. The molecular weight excluding hydrogens is 378 g/mol. The van der Waals surface area contributed by atoms with Gasteiger partial charge in [0.2, 0.25) is 5.91 Å². The van der Waals surface area contributed by atoms with Gasteiger partial charge in [-0.1, -0.05) is 6.07 Å². The van der Waals surface area contributed by atoms with Crippen LogP contribution in [0.25, 0.3) is 10.7 Å². The van der Waals surface area contributed by atoms with Crippen LogP contribution in [-0.2, 0) is 9.53 Å². The summed E-state index contributed by atoms with van der Waals surface area (Å²) in [4.78, 5) is 37.7. The number of piperidine rings is 1. The molecule has 2 aromatic heterocycles. The molecule has 0 aromatic carbocycles. The number of morpholine rings is 1. The Morgan fingerprint density at radius 1 is 1.18 bits per heavy atom. The third-order valence-corrected chi connectivity index (χ3v) is 5.87. The lowest BCUT2D eigenvalue weighted by Gasteiger charge is -2.36. The average Bonchev–Trinajstić information content (AvgIpc) is 3.23. The smallest absolute Gasteiger partial charge is 0.323 e. The second kappa shape index (κ2) is 8.66. The summed E-state index contributed by atoms with van der Waals surface area (Å²) in [5.74, 6) is 0.501. The van der Waals surface area contributed by atoms with E-state index >= 15 is 0 Å². The third kappa shape index (κ3) is 4.31. The Balaban J connectivity index is 1.35. The van der Waals surface area contributed by atoms with E-state index in [0.717, 1.165) is 23.5 Å². The van der Waals surface area contributed by atoms with E-state index in [4.69, 9.17) is 4.74 Å². The maximum absolute atomic E-state index is 12.7. The first-order valence-corrected chi connectivity index (χ1v) is 10.4. The van der Waals surface area contributed by atoms with Gasteiger partial charge < -0.3 is 14.5 Å². The van der Waals surface area contributed by atoms with Gasteiger partial charge >= 0.3 is 6.03 Å². The van der Waals surface area contributed by atoms with Crippen LogP contribution in [0.2, 0.25) is 0 Å². The largest absolute Gasteiger partial charge is 0.378 e. The molecule has 1 atom stereocenters. The van der Waals surface area contributed by atoms with Crippen LogP contribution in [0.1, 0.15) is 12.8 Å². The molecule has 9 heteroatoms. The molecule has 28 heavy (non-hydrogen) atoms. The first-order valence-electron chi connectivity index (χ1n) is 9.50. The Morgan fingerprint density at radius 2 is 2.04 bits per heavy atom. The lowest BCUT2D eigenvalue weighted by molar-refractivity contribution is -0.141. The van der Waals surface area contributed by atoms with Crippen LogP contribution in [-0.4, -0.2) is 71.1 Å². The summed E-state index contributed by atoms with van der Waals surface area (Å²) in [5, 5.41) is 5.42.